The molecule has 1 atom stereocenters. The average Bonchev–Trinajstić information content (AvgIpc) is 3.58. The molecule has 1 fully saturated rings. The van der Waals surface area contributed by atoms with E-state index >= 15 is 0 Å². The van der Waals surface area contributed by atoms with Crippen LogP contribution < -0.4 is 16.1 Å². The van der Waals surface area contributed by atoms with Crippen molar-refractivity contribution in [3.05, 3.63) is 95.1 Å². The van der Waals surface area contributed by atoms with Gasteiger partial charge in [-0.05, 0) is 69.0 Å². The van der Waals surface area contributed by atoms with Crippen LogP contribution in [-0.4, -0.2) is 79.1 Å². The first-order valence-corrected chi connectivity index (χ1v) is 13.5. The van der Waals surface area contributed by atoms with Gasteiger partial charge in [-0.3, -0.25) is 19.3 Å². The molecule has 2 aliphatic heterocycles. The van der Waals surface area contributed by atoms with E-state index in [0.29, 0.717) is 46.4 Å². The van der Waals surface area contributed by atoms with Crippen LogP contribution in [0.3, 0.4) is 0 Å². The summed E-state index contributed by atoms with van der Waals surface area (Å²) in [6, 6.07) is 21.4. The van der Waals surface area contributed by atoms with E-state index in [0.717, 1.165) is 31.6 Å². The summed E-state index contributed by atoms with van der Waals surface area (Å²) in [6.07, 6.45) is 1.13. The number of nitrogens with zero attached hydrogens (tertiary/aromatic N) is 2. The predicted octanol–water partition coefficient (Wildman–Crippen LogP) is 3.61. The van der Waals surface area contributed by atoms with E-state index in [9.17, 15) is 19.5 Å². The van der Waals surface area contributed by atoms with Crippen molar-refractivity contribution < 1.29 is 24.3 Å². The van der Waals surface area contributed by atoms with Gasteiger partial charge in [0.1, 0.15) is 0 Å². The number of carbonyl (C=O) groups is 3. The smallest absolute Gasteiger partial charge is 0.335 e. The number of carboxylic acids is 1. The van der Waals surface area contributed by atoms with Crippen molar-refractivity contribution in [3.8, 4) is 0 Å². The van der Waals surface area contributed by atoms with Crippen LogP contribution in [0.4, 0.5) is 11.4 Å². The van der Waals surface area contributed by atoms with Gasteiger partial charge in [-0.2, -0.15) is 0 Å². The van der Waals surface area contributed by atoms with Crippen molar-refractivity contribution in [2.24, 2.45) is 0 Å². The maximum atomic E-state index is 13.1. The molecule has 2 aliphatic rings. The summed E-state index contributed by atoms with van der Waals surface area (Å²) in [7, 11) is 4.18. The minimum absolute atomic E-state index is 0.0892. The van der Waals surface area contributed by atoms with Crippen LogP contribution in [0.15, 0.2) is 72.8 Å². The van der Waals surface area contributed by atoms with E-state index in [1.807, 2.05) is 30.3 Å². The molecule has 1 saturated heterocycles. The topological polar surface area (TPSA) is 123 Å². The van der Waals surface area contributed by atoms with Crippen LogP contribution in [0, 0.1) is 0 Å². The second-order valence-corrected chi connectivity index (χ2v) is 10.3. The van der Waals surface area contributed by atoms with Crippen LogP contribution in [0.5, 0.6) is 0 Å². The number of likely N-dealkylation sites (tertiary alicyclic amines) is 1. The zero-order chi connectivity index (χ0) is 28.9. The lowest BCUT2D eigenvalue weighted by atomic mass is 9.99. The summed E-state index contributed by atoms with van der Waals surface area (Å²) in [5.74, 6) is -1.75. The fourth-order valence-corrected chi connectivity index (χ4v) is 5.07. The van der Waals surface area contributed by atoms with E-state index < -0.39 is 5.97 Å². The van der Waals surface area contributed by atoms with Gasteiger partial charge in [0.15, 0.2) is 0 Å². The maximum absolute atomic E-state index is 13.1. The summed E-state index contributed by atoms with van der Waals surface area (Å²) in [5.41, 5.74) is 6.48. The van der Waals surface area contributed by atoms with Crippen LogP contribution >= 0.6 is 0 Å². The molecule has 5 rings (SSSR count). The highest BCUT2D eigenvalue weighted by molar-refractivity contribution is 6.37. The lowest BCUT2D eigenvalue weighted by Crippen LogP contribution is -2.34. The largest absolute Gasteiger partial charge is 0.478 e. The van der Waals surface area contributed by atoms with Gasteiger partial charge >= 0.3 is 5.97 Å². The Labute approximate surface area is 238 Å². The quantitative estimate of drug-likeness (QED) is 0.170. The Morgan fingerprint density at radius 3 is 2.44 bits per heavy atom. The number of aromatic carboxylic acids is 1. The average molecular weight is 556 g/mol. The van der Waals surface area contributed by atoms with Gasteiger partial charge in [-0.15, -0.1) is 0 Å². The van der Waals surface area contributed by atoms with Gasteiger partial charge in [-0.25, -0.2) is 10.3 Å². The van der Waals surface area contributed by atoms with E-state index in [1.165, 1.54) is 12.1 Å². The molecular weight excluding hydrogens is 522 g/mol. The third-order valence-electron chi connectivity index (χ3n) is 7.39. The molecule has 4 N–H and O–H groups in total. The SMILES string of the molecule is CN(C)[C@H]1CCN(CCONC(=O)c2ccc(N/C(=C3\C(=O)Nc4cc(C(=O)O)ccc43)c3ccccc3)cc2)C1. The number of hydrogen-bond donors (Lipinski definition) is 4. The normalized spacial score (nSPS) is 17.7. The van der Waals surface area contributed by atoms with Gasteiger partial charge in [0.05, 0.1) is 29.1 Å². The highest BCUT2D eigenvalue weighted by atomic mass is 16.7. The monoisotopic (exact) mass is 555 g/mol. The fourth-order valence-electron chi connectivity index (χ4n) is 5.07. The third kappa shape index (κ3) is 6.46. The number of hydrogen-bond acceptors (Lipinski definition) is 7. The van der Waals surface area contributed by atoms with Crippen molar-refractivity contribution >= 4 is 40.4 Å². The van der Waals surface area contributed by atoms with E-state index in [1.54, 1.807) is 30.3 Å². The number of nitrogens with one attached hydrogen (secondary N) is 3. The van der Waals surface area contributed by atoms with Gasteiger partial charge in [0.25, 0.3) is 11.8 Å². The Hall–Kier alpha value is -4.51. The molecular formula is C31H33N5O5. The molecule has 10 heteroatoms. The van der Waals surface area contributed by atoms with E-state index in [4.69, 9.17) is 4.84 Å². The molecule has 0 unspecified atom stereocenters. The van der Waals surface area contributed by atoms with Crippen molar-refractivity contribution in [1.29, 1.82) is 0 Å². The number of carbonyl (C=O) groups excluding carboxylic acids is 2. The third-order valence-corrected chi connectivity index (χ3v) is 7.39. The van der Waals surface area contributed by atoms with Crippen molar-refractivity contribution in [3.63, 3.8) is 0 Å². The molecule has 0 bridgehead atoms. The molecule has 0 aliphatic carbocycles. The Morgan fingerprint density at radius 2 is 1.76 bits per heavy atom. The van der Waals surface area contributed by atoms with Crippen molar-refractivity contribution in [1.82, 2.24) is 15.3 Å². The minimum atomic E-state index is -1.07. The number of likely N-dealkylation sites (N-methyl/N-ethyl adjacent to an activating group) is 1. The maximum Gasteiger partial charge on any atom is 0.335 e. The number of amides is 2. The molecule has 0 aromatic heterocycles. The number of anilines is 2. The molecule has 2 heterocycles. The lowest BCUT2D eigenvalue weighted by Gasteiger charge is -2.20. The first-order valence-electron chi connectivity index (χ1n) is 13.5. The van der Waals surface area contributed by atoms with E-state index in [-0.39, 0.29) is 17.4 Å². The van der Waals surface area contributed by atoms with Crippen LogP contribution in [0.2, 0.25) is 0 Å². The van der Waals surface area contributed by atoms with E-state index in [2.05, 4.69) is 40.0 Å². The van der Waals surface area contributed by atoms with Gasteiger partial charge in [-0.1, -0.05) is 36.4 Å². The molecule has 0 saturated carbocycles. The Morgan fingerprint density at radius 1 is 1.02 bits per heavy atom. The van der Waals surface area contributed by atoms with Crippen molar-refractivity contribution in [2.75, 3.05) is 51.0 Å². The molecule has 0 radical (unpaired) electrons. The first-order chi connectivity index (χ1) is 19.8. The second-order valence-electron chi connectivity index (χ2n) is 10.3. The number of benzene rings is 3. The number of rotatable bonds is 10. The molecule has 10 nitrogen and oxygen atoms in total. The Balaban J connectivity index is 1.27. The summed E-state index contributed by atoms with van der Waals surface area (Å²) in [5, 5.41) is 15.5. The molecule has 0 spiro atoms. The van der Waals surface area contributed by atoms with Crippen LogP contribution in [0.25, 0.3) is 11.3 Å². The Bertz CT molecular complexity index is 1470. The van der Waals surface area contributed by atoms with Crippen LogP contribution in [0.1, 0.15) is 38.3 Å². The highest BCUT2D eigenvalue weighted by Gasteiger charge is 2.29. The molecule has 2 amide bonds. The van der Waals surface area contributed by atoms with Gasteiger partial charge in [0, 0.05) is 35.9 Å². The minimum Gasteiger partial charge on any atom is -0.478 e. The summed E-state index contributed by atoms with van der Waals surface area (Å²) in [6.45, 7) is 3.17. The number of fused-ring (bicyclic) bond motifs is 1. The highest BCUT2D eigenvalue weighted by Crippen LogP contribution is 2.38. The molecule has 41 heavy (non-hydrogen) atoms. The van der Waals surface area contributed by atoms with Crippen molar-refractivity contribution in [2.45, 2.75) is 12.5 Å². The predicted molar refractivity (Wildman–Crippen MR) is 157 cm³/mol. The number of carboxylic acid groups (broad SMARTS) is 1. The zero-order valence-electron chi connectivity index (χ0n) is 23.0. The molecule has 3 aromatic carbocycles. The van der Waals surface area contributed by atoms with Gasteiger partial charge in [0.2, 0.25) is 0 Å². The second kappa shape index (κ2) is 12.3. The zero-order valence-corrected chi connectivity index (χ0v) is 23.0. The summed E-state index contributed by atoms with van der Waals surface area (Å²) < 4.78 is 0. The van der Waals surface area contributed by atoms with Crippen LogP contribution in [-0.2, 0) is 9.63 Å². The lowest BCUT2D eigenvalue weighted by molar-refractivity contribution is -0.110. The standard InChI is InChI=1S/C31H33N5O5/c1-35(2)24-14-15-36(19-24)16-17-41-34-29(37)21-8-11-23(12-9-21)32-28(20-6-4-3-5-7-20)27-25-13-10-22(31(39)40)18-26(25)33-30(27)38/h3-13,18,24,32H,14-17,19H2,1-2H3,(H,33,38)(H,34,37)(H,39,40)/b28-27-/t24-/m0/s1. The summed E-state index contributed by atoms with van der Waals surface area (Å²) in [4.78, 5) is 47.1. The fraction of sp³-hybridized carbons (Fsp3) is 0.258. The Kier molecular flexibility index (Phi) is 8.44. The summed E-state index contributed by atoms with van der Waals surface area (Å²) >= 11 is 0. The first kappa shape index (κ1) is 28.0. The van der Waals surface area contributed by atoms with Gasteiger partial charge < -0.3 is 20.6 Å². The molecule has 3 aromatic rings. The molecule has 212 valence electrons. The number of hydroxylamine groups is 1.